The Morgan fingerprint density at radius 3 is 2.48 bits per heavy atom. The van der Waals surface area contributed by atoms with Gasteiger partial charge in [-0.15, -0.1) is 0 Å². The molecule has 0 saturated heterocycles. The number of hydrogen-bond donors (Lipinski definition) is 1. The van der Waals surface area contributed by atoms with Crippen LogP contribution in [-0.2, 0) is 14.9 Å². The van der Waals surface area contributed by atoms with Gasteiger partial charge in [-0.3, -0.25) is 4.79 Å². The summed E-state index contributed by atoms with van der Waals surface area (Å²) in [5.41, 5.74) is 1.53. The maximum atomic E-state index is 12.2. The molecule has 1 aromatic heterocycles. The Kier molecular flexibility index (Phi) is 6.68. The van der Waals surface area contributed by atoms with E-state index in [1.54, 1.807) is 6.07 Å². The van der Waals surface area contributed by atoms with Crippen LogP contribution in [0.2, 0.25) is 10.2 Å². The van der Waals surface area contributed by atoms with E-state index in [-0.39, 0.29) is 21.2 Å². The standard InChI is InChI=1S/C19H20Cl2N2O4/c1-19(2,3)12-5-6-15(26-4)14(8-12)23-16(24)10-27-18(25)11-7-13(20)17(21)22-9-11/h5-9H,10H2,1-4H3,(H,23,24). The van der Waals surface area contributed by atoms with E-state index in [2.05, 4.69) is 31.1 Å². The van der Waals surface area contributed by atoms with Crippen molar-refractivity contribution in [2.24, 2.45) is 0 Å². The third kappa shape index (κ3) is 5.58. The lowest BCUT2D eigenvalue weighted by atomic mass is 9.87. The Morgan fingerprint density at radius 1 is 1.19 bits per heavy atom. The van der Waals surface area contributed by atoms with E-state index in [4.69, 9.17) is 32.7 Å². The van der Waals surface area contributed by atoms with Crippen molar-refractivity contribution in [1.29, 1.82) is 0 Å². The molecule has 27 heavy (non-hydrogen) atoms. The number of ether oxygens (including phenoxy) is 2. The number of aromatic nitrogens is 1. The van der Waals surface area contributed by atoms with Crippen molar-refractivity contribution < 1.29 is 19.1 Å². The lowest BCUT2D eigenvalue weighted by Gasteiger charge is -2.21. The number of amides is 1. The van der Waals surface area contributed by atoms with E-state index in [1.165, 1.54) is 19.4 Å². The van der Waals surface area contributed by atoms with Crippen LogP contribution in [0.25, 0.3) is 0 Å². The number of esters is 1. The summed E-state index contributed by atoms with van der Waals surface area (Å²) in [5, 5.41) is 2.90. The molecule has 0 aliphatic rings. The molecule has 0 bridgehead atoms. The van der Waals surface area contributed by atoms with Gasteiger partial charge in [0.15, 0.2) is 6.61 Å². The molecule has 1 heterocycles. The Morgan fingerprint density at radius 2 is 1.89 bits per heavy atom. The Hall–Kier alpha value is -2.31. The van der Waals surface area contributed by atoms with Gasteiger partial charge in [-0.05, 0) is 29.2 Å². The van der Waals surface area contributed by atoms with Crippen LogP contribution in [0.5, 0.6) is 5.75 Å². The van der Waals surface area contributed by atoms with Gasteiger partial charge in [0.25, 0.3) is 5.91 Å². The number of nitrogens with one attached hydrogen (secondary N) is 1. The van der Waals surface area contributed by atoms with Gasteiger partial charge < -0.3 is 14.8 Å². The van der Waals surface area contributed by atoms with Crippen LogP contribution in [0.15, 0.2) is 30.5 Å². The van der Waals surface area contributed by atoms with Crippen LogP contribution >= 0.6 is 23.2 Å². The molecule has 1 N–H and O–H groups in total. The van der Waals surface area contributed by atoms with Crippen molar-refractivity contribution in [3.63, 3.8) is 0 Å². The first-order chi connectivity index (χ1) is 12.6. The van der Waals surface area contributed by atoms with Gasteiger partial charge in [0, 0.05) is 6.20 Å². The number of pyridine rings is 1. The quantitative estimate of drug-likeness (QED) is 0.580. The molecule has 8 heteroatoms. The van der Waals surface area contributed by atoms with Crippen LogP contribution in [0, 0.1) is 0 Å². The summed E-state index contributed by atoms with van der Waals surface area (Å²) < 4.78 is 10.3. The molecule has 0 aliphatic carbocycles. The third-order valence-corrected chi connectivity index (χ3v) is 4.39. The van der Waals surface area contributed by atoms with E-state index in [1.807, 2.05) is 12.1 Å². The van der Waals surface area contributed by atoms with Crippen LogP contribution in [0.1, 0.15) is 36.7 Å². The Labute approximate surface area is 167 Å². The van der Waals surface area contributed by atoms with Crippen molar-refractivity contribution in [3.05, 3.63) is 51.8 Å². The van der Waals surface area contributed by atoms with Crippen LogP contribution in [0.4, 0.5) is 5.69 Å². The second kappa shape index (κ2) is 8.59. The highest BCUT2D eigenvalue weighted by atomic mass is 35.5. The largest absolute Gasteiger partial charge is 0.495 e. The number of benzene rings is 1. The van der Waals surface area contributed by atoms with Gasteiger partial charge in [0.2, 0.25) is 0 Å². The summed E-state index contributed by atoms with van der Waals surface area (Å²) in [6.07, 6.45) is 1.23. The predicted octanol–water partition coefficient (Wildman–Crippen LogP) is 4.49. The van der Waals surface area contributed by atoms with Crippen LogP contribution in [0.3, 0.4) is 0 Å². The van der Waals surface area contributed by atoms with Crippen molar-refractivity contribution in [3.8, 4) is 5.75 Å². The van der Waals surface area contributed by atoms with Gasteiger partial charge in [0.1, 0.15) is 10.9 Å². The summed E-state index contributed by atoms with van der Waals surface area (Å²) in [7, 11) is 1.51. The van der Waals surface area contributed by atoms with Crippen LogP contribution in [-0.4, -0.2) is 30.6 Å². The van der Waals surface area contributed by atoms with Gasteiger partial charge in [-0.1, -0.05) is 50.0 Å². The van der Waals surface area contributed by atoms with Gasteiger partial charge in [-0.25, -0.2) is 9.78 Å². The number of nitrogens with zero attached hydrogens (tertiary/aromatic N) is 1. The Bertz CT molecular complexity index is 863. The minimum absolute atomic E-state index is 0.0804. The van der Waals surface area contributed by atoms with Crippen LogP contribution < -0.4 is 10.1 Å². The summed E-state index contributed by atoms with van der Waals surface area (Å²) in [5.74, 6) is -0.719. The number of carbonyl (C=O) groups is 2. The maximum Gasteiger partial charge on any atom is 0.340 e. The number of carbonyl (C=O) groups excluding carboxylic acids is 2. The van der Waals surface area contributed by atoms with E-state index >= 15 is 0 Å². The SMILES string of the molecule is COc1ccc(C(C)(C)C)cc1NC(=O)COC(=O)c1cnc(Cl)c(Cl)c1. The second-order valence-electron chi connectivity index (χ2n) is 6.79. The highest BCUT2D eigenvalue weighted by Gasteiger charge is 2.18. The molecular formula is C19H20Cl2N2O4. The fraction of sp³-hybridized carbons (Fsp3) is 0.316. The lowest BCUT2D eigenvalue weighted by molar-refractivity contribution is -0.119. The summed E-state index contributed by atoms with van der Waals surface area (Å²) in [4.78, 5) is 28.0. The van der Waals surface area contributed by atoms with E-state index in [0.29, 0.717) is 11.4 Å². The highest BCUT2D eigenvalue weighted by molar-refractivity contribution is 6.41. The first-order valence-corrected chi connectivity index (χ1v) is 8.84. The van der Waals surface area contributed by atoms with E-state index in [0.717, 1.165) is 5.56 Å². The molecule has 0 saturated carbocycles. The summed E-state index contributed by atoms with van der Waals surface area (Å²) >= 11 is 11.5. The van der Waals surface area contributed by atoms with Gasteiger partial charge in [0.05, 0.1) is 23.4 Å². The first kappa shape index (κ1) is 21.0. The van der Waals surface area contributed by atoms with Crippen molar-refractivity contribution in [2.45, 2.75) is 26.2 Å². The second-order valence-corrected chi connectivity index (χ2v) is 7.55. The molecule has 2 aromatic rings. The normalized spacial score (nSPS) is 11.0. The number of halogens is 2. The number of hydrogen-bond acceptors (Lipinski definition) is 5. The molecule has 144 valence electrons. The zero-order chi connectivity index (χ0) is 20.2. The molecule has 0 aliphatic heterocycles. The number of rotatable bonds is 5. The van der Waals surface area contributed by atoms with Crippen molar-refractivity contribution in [2.75, 3.05) is 19.0 Å². The Balaban J connectivity index is 2.04. The average molecular weight is 411 g/mol. The average Bonchev–Trinajstić information content (AvgIpc) is 2.61. The number of anilines is 1. The smallest absolute Gasteiger partial charge is 0.340 e. The fourth-order valence-corrected chi connectivity index (χ4v) is 2.48. The van der Waals surface area contributed by atoms with E-state index < -0.39 is 18.5 Å². The topological polar surface area (TPSA) is 77.5 Å². The van der Waals surface area contributed by atoms with Crippen molar-refractivity contribution >= 4 is 40.8 Å². The zero-order valence-electron chi connectivity index (χ0n) is 15.4. The molecule has 0 unspecified atom stereocenters. The third-order valence-electron chi connectivity index (χ3n) is 3.71. The van der Waals surface area contributed by atoms with Gasteiger partial charge in [-0.2, -0.15) is 0 Å². The molecule has 0 spiro atoms. The molecule has 2 rings (SSSR count). The van der Waals surface area contributed by atoms with E-state index in [9.17, 15) is 9.59 Å². The van der Waals surface area contributed by atoms with Gasteiger partial charge >= 0.3 is 5.97 Å². The van der Waals surface area contributed by atoms with Crippen molar-refractivity contribution in [1.82, 2.24) is 4.98 Å². The molecule has 6 nitrogen and oxygen atoms in total. The zero-order valence-corrected chi connectivity index (χ0v) is 16.9. The molecule has 0 fully saturated rings. The molecule has 1 aromatic carbocycles. The first-order valence-electron chi connectivity index (χ1n) is 8.08. The molecule has 1 amide bonds. The molecular weight excluding hydrogens is 391 g/mol. The summed E-state index contributed by atoms with van der Waals surface area (Å²) in [6.45, 7) is 5.72. The minimum Gasteiger partial charge on any atom is -0.495 e. The number of methoxy groups -OCH3 is 1. The highest BCUT2D eigenvalue weighted by Crippen LogP contribution is 2.31. The monoisotopic (exact) mass is 410 g/mol. The molecule has 0 atom stereocenters. The lowest BCUT2D eigenvalue weighted by Crippen LogP contribution is -2.22. The summed E-state index contributed by atoms with van der Waals surface area (Å²) in [6, 6.07) is 6.88. The minimum atomic E-state index is -0.730. The predicted molar refractivity (Wildman–Crippen MR) is 105 cm³/mol. The molecule has 0 radical (unpaired) electrons. The maximum absolute atomic E-state index is 12.2. The fourth-order valence-electron chi connectivity index (χ4n) is 2.21.